The van der Waals surface area contributed by atoms with Gasteiger partial charge in [0, 0.05) is 61.4 Å². The Balaban J connectivity index is 1.51. The van der Waals surface area contributed by atoms with Crippen LogP contribution in [0.2, 0.25) is 0 Å². The molecule has 1 fully saturated rings. The van der Waals surface area contributed by atoms with E-state index in [0.717, 1.165) is 43.3 Å². The van der Waals surface area contributed by atoms with Crippen molar-refractivity contribution in [3.8, 4) is 0 Å². The first kappa shape index (κ1) is 18.3. The molecule has 2 N–H and O–H groups in total. The van der Waals surface area contributed by atoms with Crippen molar-refractivity contribution in [2.24, 2.45) is 10.7 Å². The van der Waals surface area contributed by atoms with Gasteiger partial charge < -0.3 is 15.5 Å². The van der Waals surface area contributed by atoms with Crippen molar-refractivity contribution in [1.82, 2.24) is 14.9 Å². The third kappa shape index (κ3) is 5.01. The molecule has 138 valence electrons. The highest BCUT2D eigenvalue weighted by atomic mass is 32.2. The van der Waals surface area contributed by atoms with Crippen molar-refractivity contribution in [2.75, 3.05) is 37.3 Å². The topological polar surface area (TPSA) is 87.7 Å². The zero-order valence-electron chi connectivity index (χ0n) is 14.9. The second-order valence-electron chi connectivity index (χ2n) is 6.23. The van der Waals surface area contributed by atoms with E-state index in [-0.39, 0.29) is 0 Å². The summed E-state index contributed by atoms with van der Waals surface area (Å²) >= 11 is 0. The second kappa shape index (κ2) is 8.75. The minimum atomic E-state index is -0.822. The van der Waals surface area contributed by atoms with Gasteiger partial charge in [-0.1, -0.05) is 24.3 Å². The molecule has 0 bridgehead atoms. The van der Waals surface area contributed by atoms with Gasteiger partial charge in [-0.25, -0.2) is 15.0 Å². The zero-order chi connectivity index (χ0) is 18.4. The van der Waals surface area contributed by atoms with Gasteiger partial charge in [-0.15, -0.1) is 0 Å². The van der Waals surface area contributed by atoms with Crippen molar-refractivity contribution in [2.45, 2.75) is 12.3 Å². The Kier molecular flexibility index (Phi) is 6.17. The lowest BCUT2D eigenvalue weighted by Crippen LogP contribution is -2.51. The Labute approximate surface area is 156 Å². The Morgan fingerprint density at radius 2 is 1.73 bits per heavy atom. The highest BCUT2D eigenvalue weighted by molar-refractivity contribution is 7.83. The van der Waals surface area contributed by atoms with Crippen LogP contribution in [0.15, 0.2) is 47.7 Å². The summed E-state index contributed by atoms with van der Waals surface area (Å²) < 4.78 is 11.3. The molecule has 3 rings (SSSR count). The Bertz CT molecular complexity index is 757. The normalized spacial score (nSPS) is 16.6. The standard InChI is InChI=1S/C18H24N6OS/c1-26(25)14-16-5-3-15(4-6-16)13-22-17(19)23-9-11-24(12-10-23)18-20-7-2-8-21-18/h2-8H,9-14H2,1H3,(H2,19,22). The molecule has 8 heteroatoms. The van der Waals surface area contributed by atoms with E-state index in [9.17, 15) is 4.21 Å². The van der Waals surface area contributed by atoms with Crippen molar-refractivity contribution in [1.29, 1.82) is 0 Å². The molecule has 1 unspecified atom stereocenters. The van der Waals surface area contributed by atoms with Crippen LogP contribution in [-0.4, -0.2) is 57.5 Å². The van der Waals surface area contributed by atoms with E-state index in [0.29, 0.717) is 18.3 Å². The Morgan fingerprint density at radius 1 is 1.12 bits per heavy atom. The van der Waals surface area contributed by atoms with Gasteiger partial charge in [0.15, 0.2) is 5.96 Å². The maximum atomic E-state index is 11.3. The molecule has 1 aliphatic heterocycles. The number of hydrogen-bond acceptors (Lipinski definition) is 5. The van der Waals surface area contributed by atoms with Crippen LogP contribution in [0.25, 0.3) is 0 Å². The number of hydrogen-bond donors (Lipinski definition) is 1. The minimum Gasteiger partial charge on any atom is -0.370 e. The van der Waals surface area contributed by atoms with Crippen molar-refractivity contribution in [3.63, 3.8) is 0 Å². The van der Waals surface area contributed by atoms with E-state index in [1.54, 1.807) is 18.6 Å². The van der Waals surface area contributed by atoms with E-state index in [1.165, 1.54) is 0 Å². The number of rotatable bonds is 5. The zero-order valence-corrected chi connectivity index (χ0v) is 15.7. The molecule has 26 heavy (non-hydrogen) atoms. The number of anilines is 1. The van der Waals surface area contributed by atoms with Gasteiger partial charge in [0.05, 0.1) is 6.54 Å². The molecule has 1 atom stereocenters. The highest BCUT2D eigenvalue weighted by Gasteiger charge is 2.19. The van der Waals surface area contributed by atoms with Crippen LogP contribution in [0.4, 0.5) is 5.95 Å². The first-order chi connectivity index (χ1) is 12.6. The summed E-state index contributed by atoms with van der Waals surface area (Å²) in [5.41, 5.74) is 8.33. The third-order valence-corrected chi connectivity index (χ3v) is 5.00. The summed E-state index contributed by atoms with van der Waals surface area (Å²) in [6.07, 6.45) is 5.23. The van der Waals surface area contributed by atoms with Crippen LogP contribution < -0.4 is 10.6 Å². The number of aromatic nitrogens is 2. The van der Waals surface area contributed by atoms with E-state index in [1.807, 2.05) is 30.3 Å². The van der Waals surface area contributed by atoms with E-state index in [4.69, 9.17) is 5.73 Å². The summed E-state index contributed by atoms with van der Waals surface area (Å²) in [5.74, 6) is 1.91. The SMILES string of the molecule is CS(=O)Cc1ccc(CN=C(N)N2CCN(c3ncccn3)CC2)cc1. The summed E-state index contributed by atoms with van der Waals surface area (Å²) in [7, 11) is -0.822. The molecule has 1 aliphatic rings. The second-order valence-corrected chi connectivity index (χ2v) is 7.67. The van der Waals surface area contributed by atoms with E-state index in [2.05, 4.69) is 24.8 Å². The van der Waals surface area contributed by atoms with Crippen LogP contribution in [0.3, 0.4) is 0 Å². The van der Waals surface area contributed by atoms with E-state index >= 15 is 0 Å². The molecular weight excluding hydrogens is 348 g/mol. The van der Waals surface area contributed by atoms with Gasteiger partial charge in [0.1, 0.15) is 0 Å². The fourth-order valence-corrected chi connectivity index (χ4v) is 3.50. The molecule has 1 aromatic heterocycles. The molecule has 0 amide bonds. The third-order valence-electron chi connectivity index (χ3n) is 4.26. The first-order valence-corrected chi connectivity index (χ1v) is 10.3. The lowest BCUT2D eigenvalue weighted by molar-refractivity contribution is 0.378. The predicted molar refractivity (Wildman–Crippen MR) is 105 cm³/mol. The van der Waals surface area contributed by atoms with Crippen LogP contribution in [0.5, 0.6) is 0 Å². The number of nitrogens with two attached hydrogens (primary N) is 1. The molecule has 0 aliphatic carbocycles. The summed E-state index contributed by atoms with van der Waals surface area (Å²) in [4.78, 5) is 17.3. The maximum absolute atomic E-state index is 11.3. The highest BCUT2D eigenvalue weighted by Crippen LogP contribution is 2.11. The molecule has 0 spiro atoms. The fourth-order valence-electron chi connectivity index (χ4n) is 2.84. The van der Waals surface area contributed by atoms with Crippen molar-refractivity contribution in [3.05, 3.63) is 53.9 Å². The number of aliphatic imine (C=N–C) groups is 1. The molecule has 0 radical (unpaired) electrons. The average Bonchev–Trinajstić information content (AvgIpc) is 2.67. The van der Waals surface area contributed by atoms with Gasteiger partial charge in [-0.05, 0) is 17.2 Å². The van der Waals surface area contributed by atoms with Gasteiger partial charge in [-0.3, -0.25) is 4.21 Å². The smallest absolute Gasteiger partial charge is 0.225 e. The van der Waals surface area contributed by atoms with Crippen LogP contribution in [0.1, 0.15) is 11.1 Å². The van der Waals surface area contributed by atoms with Gasteiger partial charge in [-0.2, -0.15) is 0 Å². The van der Waals surface area contributed by atoms with Gasteiger partial charge >= 0.3 is 0 Å². The number of piperazine rings is 1. The summed E-state index contributed by atoms with van der Waals surface area (Å²) in [5, 5.41) is 0. The largest absolute Gasteiger partial charge is 0.370 e. The monoisotopic (exact) mass is 372 g/mol. The van der Waals surface area contributed by atoms with Crippen LogP contribution in [-0.2, 0) is 23.1 Å². The quantitative estimate of drug-likeness (QED) is 0.622. The van der Waals surface area contributed by atoms with E-state index < -0.39 is 10.8 Å². The molecule has 7 nitrogen and oxygen atoms in total. The average molecular weight is 372 g/mol. The van der Waals surface area contributed by atoms with Gasteiger partial charge in [0.2, 0.25) is 5.95 Å². The predicted octanol–water partition coefficient (Wildman–Crippen LogP) is 0.992. The molecule has 1 aromatic carbocycles. The Morgan fingerprint density at radius 3 is 2.35 bits per heavy atom. The lowest BCUT2D eigenvalue weighted by atomic mass is 10.1. The van der Waals surface area contributed by atoms with Crippen molar-refractivity contribution >= 4 is 22.7 Å². The van der Waals surface area contributed by atoms with Gasteiger partial charge in [0.25, 0.3) is 0 Å². The maximum Gasteiger partial charge on any atom is 0.225 e. The van der Waals surface area contributed by atoms with Crippen LogP contribution in [0, 0.1) is 0 Å². The lowest BCUT2D eigenvalue weighted by Gasteiger charge is -2.35. The number of nitrogens with zero attached hydrogens (tertiary/aromatic N) is 5. The first-order valence-electron chi connectivity index (χ1n) is 8.56. The van der Waals surface area contributed by atoms with Crippen molar-refractivity contribution < 1.29 is 4.21 Å². The molecule has 1 saturated heterocycles. The summed E-state index contributed by atoms with van der Waals surface area (Å²) in [6.45, 7) is 3.79. The molecule has 0 saturated carbocycles. The summed E-state index contributed by atoms with van der Waals surface area (Å²) in [6, 6.07) is 9.86. The molecule has 2 heterocycles. The molecular formula is C18H24N6OS. The molecule has 2 aromatic rings. The van der Waals surface area contributed by atoms with Crippen LogP contribution >= 0.6 is 0 Å². The fraction of sp³-hybridized carbons (Fsp3) is 0.389. The minimum absolute atomic E-state index is 0.545. The number of benzene rings is 1. The number of guanidine groups is 1. The Hall–Kier alpha value is -2.48.